The average molecular weight is 396 g/mol. The van der Waals surface area contributed by atoms with E-state index in [0.29, 0.717) is 31.9 Å². The van der Waals surface area contributed by atoms with E-state index in [4.69, 9.17) is 10.8 Å². The molecule has 2 amide bonds. The number of fused-ring (bicyclic) bond motifs is 1. The highest BCUT2D eigenvalue weighted by Crippen LogP contribution is 2.30. The largest absolute Gasteiger partial charge is 0.355 e. The number of nitrogens with zero attached hydrogens (tertiary/aromatic N) is 3. The molecule has 3 N–H and O–H groups in total. The van der Waals surface area contributed by atoms with Gasteiger partial charge in [-0.2, -0.15) is 5.10 Å². The number of aromatic nitrogens is 2. The summed E-state index contributed by atoms with van der Waals surface area (Å²) in [5.41, 5.74) is 10.4. The molecule has 2 aromatic rings. The highest BCUT2D eigenvalue weighted by Gasteiger charge is 2.33. The summed E-state index contributed by atoms with van der Waals surface area (Å²) in [4.78, 5) is 27.5. The summed E-state index contributed by atoms with van der Waals surface area (Å²) < 4.78 is 1.96. The van der Waals surface area contributed by atoms with Crippen LogP contribution in [0.15, 0.2) is 24.3 Å². The lowest BCUT2D eigenvalue weighted by Crippen LogP contribution is -2.46. The van der Waals surface area contributed by atoms with Crippen molar-refractivity contribution >= 4 is 11.8 Å². The lowest BCUT2D eigenvalue weighted by atomic mass is 9.96. The van der Waals surface area contributed by atoms with Crippen molar-refractivity contribution in [3.63, 3.8) is 0 Å². The van der Waals surface area contributed by atoms with Crippen molar-refractivity contribution in [2.75, 3.05) is 26.2 Å². The van der Waals surface area contributed by atoms with Gasteiger partial charge < -0.3 is 16.0 Å². The number of rotatable bonds is 5. The zero-order chi connectivity index (χ0) is 20.4. The molecular weight excluding hydrogens is 366 g/mol. The van der Waals surface area contributed by atoms with Crippen molar-refractivity contribution in [2.24, 2.45) is 11.7 Å². The number of nitrogens with one attached hydrogen (secondary N) is 1. The number of nitrogens with two attached hydrogens (primary N) is 1. The quantitative estimate of drug-likeness (QED) is 0.804. The molecule has 1 unspecified atom stereocenters. The molecule has 0 spiro atoms. The second-order valence-electron chi connectivity index (χ2n) is 8.00. The summed E-state index contributed by atoms with van der Waals surface area (Å²) in [5.74, 6) is -0.235. The molecule has 1 atom stereocenters. The summed E-state index contributed by atoms with van der Waals surface area (Å²) >= 11 is 0. The molecular formula is C22H29N5O2. The van der Waals surface area contributed by atoms with Crippen LogP contribution in [0.3, 0.4) is 0 Å². The molecule has 2 aliphatic rings. The molecule has 7 nitrogen and oxygen atoms in total. The van der Waals surface area contributed by atoms with Crippen LogP contribution >= 0.6 is 0 Å². The normalized spacial score (nSPS) is 18.6. The van der Waals surface area contributed by atoms with Crippen LogP contribution < -0.4 is 11.1 Å². The maximum Gasteiger partial charge on any atom is 0.274 e. The first kappa shape index (κ1) is 19.6. The molecule has 1 saturated heterocycles. The van der Waals surface area contributed by atoms with E-state index >= 15 is 0 Å². The van der Waals surface area contributed by atoms with Gasteiger partial charge >= 0.3 is 0 Å². The summed E-state index contributed by atoms with van der Waals surface area (Å²) in [6.45, 7) is 4.07. The van der Waals surface area contributed by atoms with E-state index in [1.54, 1.807) is 4.90 Å². The number of piperidine rings is 1. The average Bonchev–Trinajstić information content (AvgIpc) is 3.35. The maximum absolute atomic E-state index is 13.4. The lowest BCUT2D eigenvalue weighted by Gasteiger charge is -2.31. The smallest absolute Gasteiger partial charge is 0.274 e. The molecule has 0 radical (unpaired) electrons. The highest BCUT2D eigenvalue weighted by atomic mass is 16.2. The molecule has 1 aliphatic heterocycles. The van der Waals surface area contributed by atoms with Crippen molar-refractivity contribution < 1.29 is 9.59 Å². The zero-order valence-electron chi connectivity index (χ0n) is 17.0. The lowest BCUT2D eigenvalue weighted by molar-refractivity contribution is -0.126. The number of amides is 2. The Bertz CT molecular complexity index is 920. The van der Waals surface area contributed by atoms with E-state index in [-0.39, 0.29) is 17.7 Å². The summed E-state index contributed by atoms with van der Waals surface area (Å²) in [5, 5.41) is 7.62. The molecule has 0 bridgehead atoms. The minimum atomic E-state index is -0.175. The van der Waals surface area contributed by atoms with Gasteiger partial charge in [0.2, 0.25) is 5.91 Å². The third kappa shape index (κ3) is 3.79. The summed E-state index contributed by atoms with van der Waals surface area (Å²) in [7, 11) is 0. The predicted molar refractivity (Wildman–Crippen MR) is 111 cm³/mol. The Hall–Kier alpha value is -2.67. The van der Waals surface area contributed by atoms with Gasteiger partial charge in [0.1, 0.15) is 0 Å². The van der Waals surface area contributed by atoms with E-state index in [1.807, 2.05) is 22.9 Å². The first-order chi connectivity index (χ1) is 14.1. The number of para-hydroxylation sites is 1. The Labute approximate surface area is 171 Å². The molecule has 4 rings (SSSR count). The van der Waals surface area contributed by atoms with Gasteiger partial charge in [0.15, 0.2) is 5.69 Å². The molecule has 7 heteroatoms. The van der Waals surface area contributed by atoms with E-state index in [2.05, 4.69) is 18.3 Å². The topological polar surface area (TPSA) is 93.2 Å². The van der Waals surface area contributed by atoms with Crippen LogP contribution in [0.4, 0.5) is 0 Å². The Morgan fingerprint density at radius 3 is 2.86 bits per heavy atom. The van der Waals surface area contributed by atoms with Gasteiger partial charge in [-0.05, 0) is 50.7 Å². The van der Waals surface area contributed by atoms with Gasteiger partial charge in [-0.25, -0.2) is 4.68 Å². The van der Waals surface area contributed by atoms with Crippen LogP contribution in [0.1, 0.15) is 46.6 Å². The van der Waals surface area contributed by atoms with E-state index in [9.17, 15) is 9.59 Å². The third-order valence-corrected chi connectivity index (χ3v) is 6.00. The number of hydrogen-bond donors (Lipinski definition) is 2. The molecule has 1 aromatic heterocycles. The molecule has 1 aliphatic carbocycles. The highest BCUT2D eigenvalue weighted by molar-refractivity contribution is 5.95. The van der Waals surface area contributed by atoms with Gasteiger partial charge in [-0.1, -0.05) is 18.2 Å². The van der Waals surface area contributed by atoms with Crippen molar-refractivity contribution in [1.29, 1.82) is 0 Å². The van der Waals surface area contributed by atoms with E-state index < -0.39 is 0 Å². The minimum Gasteiger partial charge on any atom is -0.355 e. The number of aryl methyl sites for hydroxylation is 1. The first-order valence-electron chi connectivity index (χ1n) is 10.5. The van der Waals surface area contributed by atoms with E-state index in [0.717, 1.165) is 54.6 Å². The minimum absolute atomic E-state index is 0.0105. The zero-order valence-corrected chi connectivity index (χ0v) is 17.0. The van der Waals surface area contributed by atoms with Gasteiger partial charge in [-0.15, -0.1) is 0 Å². The summed E-state index contributed by atoms with van der Waals surface area (Å²) in [6, 6.07) is 8.13. The number of carbonyl (C=O) groups is 2. The van der Waals surface area contributed by atoms with Crippen LogP contribution in [0.25, 0.3) is 5.69 Å². The Morgan fingerprint density at radius 2 is 2.07 bits per heavy atom. The van der Waals surface area contributed by atoms with Crippen LogP contribution in [-0.4, -0.2) is 52.7 Å². The van der Waals surface area contributed by atoms with Crippen LogP contribution in [-0.2, 0) is 17.6 Å². The fraction of sp³-hybridized carbons (Fsp3) is 0.500. The molecule has 1 aromatic carbocycles. The second-order valence-corrected chi connectivity index (χ2v) is 8.00. The molecule has 0 saturated carbocycles. The SMILES string of the molecule is Cc1ccccc1-n1nc(C(=O)N2CCCC(C(=O)NCCN)C2)c2c1CCC2. The van der Waals surface area contributed by atoms with E-state index in [1.165, 1.54) is 0 Å². The predicted octanol–water partition coefficient (Wildman–Crippen LogP) is 1.60. The molecule has 2 heterocycles. The van der Waals surface area contributed by atoms with Crippen LogP contribution in [0.2, 0.25) is 0 Å². The first-order valence-corrected chi connectivity index (χ1v) is 10.5. The number of likely N-dealkylation sites (tertiary alicyclic amines) is 1. The molecule has 1 fully saturated rings. The Morgan fingerprint density at radius 1 is 1.24 bits per heavy atom. The fourth-order valence-electron chi connectivity index (χ4n) is 4.47. The number of carbonyl (C=O) groups excluding carboxylic acids is 2. The van der Waals surface area contributed by atoms with Gasteiger partial charge in [0.25, 0.3) is 5.91 Å². The van der Waals surface area contributed by atoms with Crippen molar-refractivity contribution in [1.82, 2.24) is 20.0 Å². The van der Waals surface area contributed by atoms with Crippen molar-refractivity contribution in [3.05, 3.63) is 46.8 Å². The Balaban J connectivity index is 1.59. The van der Waals surface area contributed by atoms with Gasteiger partial charge in [-0.3, -0.25) is 9.59 Å². The third-order valence-electron chi connectivity index (χ3n) is 6.00. The van der Waals surface area contributed by atoms with Crippen molar-refractivity contribution in [2.45, 2.75) is 39.0 Å². The number of hydrogen-bond acceptors (Lipinski definition) is 4. The van der Waals surface area contributed by atoms with Crippen LogP contribution in [0.5, 0.6) is 0 Å². The Kier molecular flexibility index (Phi) is 5.67. The van der Waals surface area contributed by atoms with Gasteiger partial charge in [0, 0.05) is 37.4 Å². The summed E-state index contributed by atoms with van der Waals surface area (Å²) in [6.07, 6.45) is 4.50. The monoisotopic (exact) mass is 395 g/mol. The number of benzene rings is 1. The van der Waals surface area contributed by atoms with Gasteiger partial charge in [0.05, 0.1) is 11.6 Å². The molecule has 29 heavy (non-hydrogen) atoms. The fourth-order valence-corrected chi connectivity index (χ4v) is 4.47. The second kappa shape index (κ2) is 8.37. The standard InChI is InChI=1S/C22H29N5O2/c1-15-6-2-3-9-18(15)27-19-10-4-8-17(19)20(25-27)22(29)26-13-5-7-16(14-26)21(28)24-12-11-23/h2-3,6,9,16H,4-5,7-8,10-14,23H2,1H3,(H,24,28). The van der Waals surface area contributed by atoms with Crippen molar-refractivity contribution in [3.8, 4) is 5.69 Å². The maximum atomic E-state index is 13.4. The molecule has 154 valence electrons. The van der Waals surface area contributed by atoms with Crippen LogP contribution in [0, 0.1) is 12.8 Å².